The van der Waals surface area contributed by atoms with Crippen molar-refractivity contribution in [3.05, 3.63) is 47.5 Å². The fourth-order valence-corrected chi connectivity index (χ4v) is 3.11. The lowest BCUT2D eigenvalue weighted by atomic mass is 9.97. The molecule has 2 aromatic carbocycles. The van der Waals surface area contributed by atoms with Crippen molar-refractivity contribution in [2.75, 3.05) is 6.61 Å². The van der Waals surface area contributed by atoms with Gasteiger partial charge in [-0.3, -0.25) is 4.79 Å². The molecule has 0 radical (unpaired) electrons. The largest absolute Gasteiger partial charge is 0.493 e. The number of carbonyl (C=O) groups excluding carboxylic acids is 1. The van der Waals surface area contributed by atoms with E-state index in [0.29, 0.717) is 36.5 Å². The van der Waals surface area contributed by atoms with E-state index < -0.39 is 11.6 Å². The number of hydrogen-bond donors (Lipinski definition) is 1. The van der Waals surface area contributed by atoms with Gasteiger partial charge >= 0.3 is 5.97 Å². The Balaban J connectivity index is 2.15. The first-order valence-corrected chi connectivity index (χ1v) is 9.18. The fourth-order valence-electron chi connectivity index (χ4n) is 3.11. The summed E-state index contributed by atoms with van der Waals surface area (Å²) in [6.07, 6.45) is 2.03. The molecule has 5 heteroatoms. The van der Waals surface area contributed by atoms with E-state index in [2.05, 4.69) is 0 Å². The topological polar surface area (TPSA) is 72.8 Å². The number of carbonyl (C=O) groups is 2. The van der Waals surface area contributed by atoms with Crippen LogP contribution in [-0.4, -0.2) is 29.1 Å². The average Bonchev–Trinajstić information content (AvgIpc) is 2.99. The molecule has 0 aliphatic heterocycles. The second-order valence-corrected chi connectivity index (χ2v) is 7.19. The lowest BCUT2D eigenvalue weighted by molar-refractivity contribution is -0.152. The van der Waals surface area contributed by atoms with Crippen molar-refractivity contribution in [2.45, 2.75) is 45.6 Å². The van der Waals surface area contributed by atoms with Gasteiger partial charge < -0.3 is 14.6 Å². The second-order valence-electron chi connectivity index (χ2n) is 7.19. The van der Waals surface area contributed by atoms with Crippen LogP contribution >= 0.6 is 0 Å². The van der Waals surface area contributed by atoms with E-state index in [4.69, 9.17) is 9.47 Å². The molecule has 0 fully saturated rings. The summed E-state index contributed by atoms with van der Waals surface area (Å²) in [5, 5.41) is 9.46. The fraction of sp³-hybridized carbons (Fsp3) is 0.364. The highest BCUT2D eigenvalue weighted by atomic mass is 16.5. The smallest absolute Gasteiger partial charge is 0.347 e. The summed E-state index contributed by atoms with van der Waals surface area (Å²) in [6, 6.07) is 11.2. The molecule has 0 saturated heterocycles. The van der Waals surface area contributed by atoms with Gasteiger partial charge in [-0.25, -0.2) is 4.79 Å². The first-order valence-electron chi connectivity index (χ1n) is 9.18. The van der Waals surface area contributed by atoms with Crippen molar-refractivity contribution < 1.29 is 24.2 Å². The van der Waals surface area contributed by atoms with Crippen LogP contribution < -0.4 is 9.47 Å². The molecule has 0 amide bonds. The Morgan fingerprint density at radius 3 is 2.52 bits per heavy atom. The number of carboxylic acids is 1. The predicted molar refractivity (Wildman–Crippen MR) is 103 cm³/mol. The number of para-hydroxylation sites is 1. The van der Waals surface area contributed by atoms with Crippen LogP contribution in [0.2, 0.25) is 0 Å². The van der Waals surface area contributed by atoms with E-state index in [0.717, 1.165) is 23.1 Å². The SMILES string of the molecule is CCCOc1ccccc1-c1cc2c(cc1OC(C)(C)C(=O)O)C(=O)CC2. The highest BCUT2D eigenvalue weighted by Gasteiger charge is 2.32. The van der Waals surface area contributed by atoms with Crippen LogP contribution in [0.4, 0.5) is 0 Å². The molecule has 0 saturated carbocycles. The summed E-state index contributed by atoms with van der Waals surface area (Å²) >= 11 is 0. The summed E-state index contributed by atoms with van der Waals surface area (Å²) in [5.41, 5.74) is 1.71. The zero-order valence-electron chi connectivity index (χ0n) is 15.9. The number of ketones is 1. The monoisotopic (exact) mass is 368 g/mol. The lowest BCUT2D eigenvalue weighted by Gasteiger charge is -2.24. The van der Waals surface area contributed by atoms with Gasteiger partial charge in [0.05, 0.1) is 6.61 Å². The standard InChI is InChI=1S/C22H24O5/c1-4-11-26-19-8-6-5-7-15(19)17-12-14-9-10-18(23)16(14)13-20(17)27-22(2,3)21(24)25/h5-8,12-13H,4,9-11H2,1-3H3,(H,24,25). The summed E-state index contributed by atoms with van der Waals surface area (Å²) in [6.45, 7) is 5.60. The van der Waals surface area contributed by atoms with E-state index >= 15 is 0 Å². The molecule has 1 N–H and O–H groups in total. The zero-order chi connectivity index (χ0) is 19.6. The van der Waals surface area contributed by atoms with Crippen LogP contribution in [0.15, 0.2) is 36.4 Å². The van der Waals surface area contributed by atoms with E-state index in [-0.39, 0.29) is 5.78 Å². The van der Waals surface area contributed by atoms with Crippen molar-refractivity contribution in [2.24, 2.45) is 0 Å². The van der Waals surface area contributed by atoms with Gasteiger partial charge in [0.15, 0.2) is 11.4 Å². The molecule has 1 aliphatic rings. The van der Waals surface area contributed by atoms with Gasteiger partial charge in [-0.1, -0.05) is 25.1 Å². The molecule has 1 aliphatic carbocycles. The number of carboxylic acid groups (broad SMARTS) is 1. The number of Topliss-reactive ketones (excluding diaryl/α,β-unsaturated/α-hetero) is 1. The number of ether oxygens (including phenoxy) is 2. The van der Waals surface area contributed by atoms with Crippen molar-refractivity contribution in [1.82, 2.24) is 0 Å². The number of aliphatic carboxylic acids is 1. The Kier molecular flexibility index (Phi) is 5.22. The van der Waals surface area contributed by atoms with Gasteiger partial charge in [0.2, 0.25) is 0 Å². The summed E-state index contributed by atoms with van der Waals surface area (Å²) < 4.78 is 11.7. The van der Waals surface area contributed by atoms with Crippen molar-refractivity contribution in [3.63, 3.8) is 0 Å². The normalized spacial score (nSPS) is 13.4. The van der Waals surface area contributed by atoms with Gasteiger partial charge in [-0.2, -0.15) is 0 Å². The van der Waals surface area contributed by atoms with Crippen LogP contribution in [0.3, 0.4) is 0 Å². The van der Waals surface area contributed by atoms with Gasteiger partial charge in [0.25, 0.3) is 0 Å². The number of hydrogen-bond acceptors (Lipinski definition) is 4. The first kappa shape index (κ1) is 19.0. The lowest BCUT2D eigenvalue weighted by Crippen LogP contribution is -2.38. The van der Waals surface area contributed by atoms with Crippen LogP contribution in [-0.2, 0) is 11.2 Å². The van der Waals surface area contributed by atoms with Crippen LogP contribution in [0.1, 0.15) is 49.5 Å². The minimum Gasteiger partial charge on any atom is -0.493 e. The number of rotatable bonds is 7. The van der Waals surface area contributed by atoms with Gasteiger partial charge in [0, 0.05) is 23.1 Å². The maximum atomic E-state index is 12.2. The quantitative estimate of drug-likeness (QED) is 0.778. The molecule has 0 unspecified atom stereocenters. The Hall–Kier alpha value is -2.82. The third kappa shape index (κ3) is 3.82. The van der Waals surface area contributed by atoms with E-state index in [1.165, 1.54) is 13.8 Å². The van der Waals surface area contributed by atoms with Crippen molar-refractivity contribution in [3.8, 4) is 22.6 Å². The Bertz CT molecular complexity index is 882. The minimum atomic E-state index is -1.43. The summed E-state index contributed by atoms with van der Waals surface area (Å²) in [7, 11) is 0. The van der Waals surface area contributed by atoms with E-state index in [1.807, 2.05) is 37.3 Å². The van der Waals surface area contributed by atoms with E-state index in [1.54, 1.807) is 6.07 Å². The Morgan fingerprint density at radius 2 is 1.81 bits per heavy atom. The van der Waals surface area contributed by atoms with Crippen molar-refractivity contribution in [1.29, 1.82) is 0 Å². The zero-order valence-corrected chi connectivity index (χ0v) is 15.9. The third-order valence-corrected chi connectivity index (χ3v) is 4.65. The molecule has 0 bridgehead atoms. The highest BCUT2D eigenvalue weighted by molar-refractivity contribution is 6.02. The number of fused-ring (bicyclic) bond motifs is 1. The second kappa shape index (κ2) is 7.43. The molecule has 0 heterocycles. The molecule has 2 aromatic rings. The Morgan fingerprint density at radius 1 is 1.07 bits per heavy atom. The van der Waals surface area contributed by atoms with Gasteiger partial charge in [-0.15, -0.1) is 0 Å². The summed E-state index contributed by atoms with van der Waals surface area (Å²) in [5.74, 6) is 0.0754. The Labute approximate surface area is 158 Å². The maximum absolute atomic E-state index is 12.2. The molecule has 0 atom stereocenters. The molecule has 27 heavy (non-hydrogen) atoms. The van der Waals surface area contributed by atoms with Gasteiger partial charge in [0.1, 0.15) is 11.5 Å². The highest BCUT2D eigenvalue weighted by Crippen LogP contribution is 2.41. The first-order chi connectivity index (χ1) is 12.8. The molecule has 3 rings (SSSR count). The summed E-state index contributed by atoms with van der Waals surface area (Å²) in [4.78, 5) is 23.7. The third-order valence-electron chi connectivity index (χ3n) is 4.65. The number of aryl methyl sites for hydroxylation is 1. The van der Waals surface area contributed by atoms with Crippen LogP contribution in [0, 0.1) is 0 Å². The van der Waals surface area contributed by atoms with Gasteiger partial charge in [-0.05, 0) is 50.5 Å². The average molecular weight is 368 g/mol. The van der Waals surface area contributed by atoms with Crippen LogP contribution in [0.25, 0.3) is 11.1 Å². The van der Waals surface area contributed by atoms with E-state index in [9.17, 15) is 14.7 Å². The predicted octanol–water partition coefficient (Wildman–Crippen LogP) is 4.51. The molecule has 142 valence electrons. The van der Waals surface area contributed by atoms with Crippen molar-refractivity contribution >= 4 is 11.8 Å². The molecular formula is C22H24O5. The molecule has 5 nitrogen and oxygen atoms in total. The molecule has 0 aromatic heterocycles. The molecular weight excluding hydrogens is 344 g/mol. The van der Waals surface area contributed by atoms with Crippen LogP contribution in [0.5, 0.6) is 11.5 Å². The molecule has 0 spiro atoms. The maximum Gasteiger partial charge on any atom is 0.347 e. The minimum absolute atomic E-state index is 0.0602. The number of benzene rings is 2.